The minimum atomic E-state index is -0.377. The van der Waals surface area contributed by atoms with E-state index in [0.717, 1.165) is 12.8 Å². The Labute approximate surface area is 153 Å². The molecule has 1 saturated carbocycles. The number of halogens is 1. The quantitative estimate of drug-likeness (QED) is 0.864. The molecular formula is C19H27FN4O2. The Morgan fingerprint density at radius 3 is 2.46 bits per heavy atom. The molecule has 3 rings (SSSR count). The number of likely N-dealkylation sites (N-methyl/N-ethyl adjacent to an activating group) is 1. The van der Waals surface area contributed by atoms with E-state index in [0.29, 0.717) is 37.8 Å². The molecule has 1 aromatic carbocycles. The van der Waals surface area contributed by atoms with Crippen LogP contribution in [0.2, 0.25) is 0 Å². The van der Waals surface area contributed by atoms with Crippen molar-refractivity contribution >= 4 is 17.6 Å². The molecule has 0 spiro atoms. The van der Waals surface area contributed by atoms with Crippen molar-refractivity contribution in [2.75, 3.05) is 38.5 Å². The van der Waals surface area contributed by atoms with Gasteiger partial charge < -0.3 is 15.5 Å². The summed E-state index contributed by atoms with van der Waals surface area (Å²) >= 11 is 0. The summed E-state index contributed by atoms with van der Waals surface area (Å²) in [5.74, 6) is 0.106. The average Bonchev–Trinajstić information content (AvgIpc) is 3.16. The number of carbonyl (C=O) groups is 2. The molecule has 3 amide bonds. The Balaban J connectivity index is 1.57. The largest absolute Gasteiger partial charge is 0.358 e. The van der Waals surface area contributed by atoms with E-state index in [1.54, 1.807) is 24.1 Å². The zero-order valence-corrected chi connectivity index (χ0v) is 15.2. The smallest absolute Gasteiger partial charge is 0.321 e. The molecule has 0 unspecified atom stereocenters. The van der Waals surface area contributed by atoms with Crippen molar-refractivity contribution < 1.29 is 14.0 Å². The summed E-state index contributed by atoms with van der Waals surface area (Å²) in [6, 6.07) is 5.55. The lowest BCUT2D eigenvalue weighted by atomic mass is 9.95. The van der Waals surface area contributed by atoms with Crippen LogP contribution in [0.25, 0.3) is 0 Å². The summed E-state index contributed by atoms with van der Waals surface area (Å²) < 4.78 is 13.2. The second kappa shape index (κ2) is 8.49. The van der Waals surface area contributed by atoms with Crippen molar-refractivity contribution in [2.24, 2.45) is 5.92 Å². The van der Waals surface area contributed by atoms with E-state index in [-0.39, 0.29) is 23.8 Å². The lowest BCUT2D eigenvalue weighted by Crippen LogP contribution is -2.58. The second-order valence-electron chi connectivity index (χ2n) is 7.07. The van der Waals surface area contributed by atoms with Crippen LogP contribution >= 0.6 is 0 Å². The average molecular weight is 362 g/mol. The number of piperazine rings is 1. The van der Waals surface area contributed by atoms with E-state index in [9.17, 15) is 14.0 Å². The van der Waals surface area contributed by atoms with Gasteiger partial charge in [0, 0.05) is 38.9 Å². The highest BCUT2D eigenvalue weighted by atomic mass is 19.1. The van der Waals surface area contributed by atoms with E-state index < -0.39 is 0 Å². The van der Waals surface area contributed by atoms with Crippen molar-refractivity contribution in [3.8, 4) is 0 Å². The summed E-state index contributed by atoms with van der Waals surface area (Å²) in [7, 11) is 1.69. The number of rotatable bonds is 4. The number of carbonyl (C=O) groups excluding carboxylic acids is 2. The first kappa shape index (κ1) is 18.6. The van der Waals surface area contributed by atoms with Gasteiger partial charge >= 0.3 is 6.03 Å². The van der Waals surface area contributed by atoms with Crippen LogP contribution < -0.4 is 10.6 Å². The maximum atomic E-state index is 13.2. The van der Waals surface area contributed by atoms with Gasteiger partial charge in [-0.25, -0.2) is 9.18 Å². The number of hydrogen-bond donors (Lipinski definition) is 2. The Bertz CT molecular complexity index is 640. The highest BCUT2D eigenvalue weighted by molar-refractivity contribution is 5.89. The van der Waals surface area contributed by atoms with Gasteiger partial charge in [0.05, 0.1) is 6.04 Å². The minimum absolute atomic E-state index is 0.0783. The minimum Gasteiger partial charge on any atom is -0.358 e. The maximum absolute atomic E-state index is 13.2. The fourth-order valence-corrected chi connectivity index (χ4v) is 4.07. The van der Waals surface area contributed by atoms with Gasteiger partial charge in [-0.2, -0.15) is 0 Å². The monoisotopic (exact) mass is 362 g/mol. The first-order valence-corrected chi connectivity index (χ1v) is 9.35. The zero-order valence-electron chi connectivity index (χ0n) is 15.2. The van der Waals surface area contributed by atoms with E-state index in [1.165, 1.54) is 25.0 Å². The highest BCUT2D eigenvalue weighted by Gasteiger charge is 2.36. The molecule has 142 valence electrons. The molecule has 2 fully saturated rings. The molecule has 6 nitrogen and oxygen atoms in total. The van der Waals surface area contributed by atoms with Gasteiger partial charge in [-0.3, -0.25) is 9.69 Å². The first-order valence-electron chi connectivity index (χ1n) is 9.35. The number of urea groups is 1. The van der Waals surface area contributed by atoms with E-state index in [2.05, 4.69) is 15.5 Å². The third-order valence-electron chi connectivity index (χ3n) is 5.43. The normalized spacial score (nSPS) is 20.0. The number of nitrogens with zero attached hydrogens (tertiary/aromatic N) is 2. The van der Waals surface area contributed by atoms with Crippen LogP contribution in [0.1, 0.15) is 25.7 Å². The van der Waals surface area contributed by atoms with E-state index >= 15 is 0 Å². The summed E-state index contributed by atoms with van der Waals surface area (Å²) in [6.07, 6.45) is 4.57. The van der Waals surface area contributed by atoms with Crippen LogP contribution in [0.3, 0.4) is 0 Å². The third kappa shape index (κ3) is 4.33. The maximum Gasteiger partial charge on any atom is 0.321 e. The Kier molecular flexibility index (Phi) is 6.08. The molecule has 1 heterocycles. The molecule has 1 atom stereocenters. The van der Waals surface area contributed by atoms with E-state index in [1.807, 2.05) is 0 Å². The molecule has 0 bridgehead atoms. The fraction of sp³-hybridized carbons (Fsp3) is 0.579. The molecule has 1 aromatic rings. The summed E-state index contributed by atoms with van der Waals surface area (Å²) in [6.45, 7) is 2.46. The SMILES string of the molecule is CNC(=O)[C@@H](C1CCCC1)N1CCN(C(=O)Nc2cccc(F)c2)CC1. The molecule has 2 aliphatic rings. The Morgan fingerprint density at radius 2 is 1.85 bits per heavy atom. The molecular weight excluding hydrogens is 335 g/mol. The summed E-state index contributed by atoms with van der Waals surface area (Å²) in [4.78, 5) is 28.7. The highest BCUT2D eigenvalue weighted by Crippen LogP contribution is 2.31. The lowest BCUT2D eigenvalue weighted by molar-refractivity contribution is -0.128. The summed E-state index contributed by atoms with van der Waals surface area (Å²) in [5.41, 5.74) is 0.451. The van der Waals surface area contributed by atoms with E-state index in [4.69, 9.17) is 0 Å². The molecule has 0 aromatic heterocycles. The molecule has 1 aliphatic carbocycles. The molecule has 2 N–H and O–H groups in total. The Morgan fingerprint density at radius 1 is 1.15 bits per heavy atom. The van der Waals surface area contributed by atoms with Crippen LogP contribution in [-0.2, 0) is 4.79 Å². The summed E-state index contributed by atoms with van der Waals surface area (Å²) in [5, 5.41) is 5.54. The number of hydrogen-bond acceptors (Lipinski definition) is 3. The van der Waals surface area contributed by atoms with Crippen LogP contribution in [-0.4, -0.2) is 61.0 Å². The van der Waals surface area contributed by atoms with Crippen LogP contribution in [0, 0.1) is 11.7 Å². The van der Waals surface area contributed by atoms with Gasteiger partial charge in [0.2, 0.25) is 5.91 Å². The van der Waals surface area contributed by atoms with Crippen LogP contribution in [0.15, 0.2) is 24.3 Å². The Hall–Kier alpha value is -2.15. The van der Waals surface area contributed by atoms with Gasteiger partial charge in [0.1, 0.15) is 5.82 Å². The zero-order chi connectivity index (χ0) is 18.5. The number of anilines is 1. The number of nitrogens with one attached hydrogen (secondary N) is 2. The van der Waals surface area contributed by atoms with Gasteiger partial charge in [-0.15, -0.1) is 0 Å². The van der Waals surface area contributed by atoms with Gasteiger partial charge in [0.25, 0.3) is 0 Å². The lowest BCUT2D eigenvalue weighted by Gasteiger charge is -2.40. The van der Waals surface area contributed by atoms with Gasteiger partial charge in [-0.05, 0) is 37.0 Å². The predicted octanol–water partition coefficient (Wildman–Crippen LogP) is 2.28. The van der Waals surface area contributed by atoms with Crippen molar-refractivity contribution in [3.05, 3.63) is 30.1 Å². The molecule has 0 radical (unpaired) electrons. The number of benzene rings is 1. The standard InChI is InChI=1S/C19H27FN4O2/c1-21-18(25)17(14-5-2-3-6-14)23-9-11-24(12-10-23)19(26)22-16-8-4-7-15(20)13-16/h4,7-8,13-14,17H,2-3,5-6,9-12H2,1H3,(H,21,25)(H,22,26)/t17-/m1/s1. The van der Waals surface area contributed by atoms with Crippen molar-refractivity contribution in [2.45, 2.75) is 31.7 Å². The number of amides is 3. The van der Waals surface area contributed by atoms with Gasteiger partial charge in [0.15, 0.2) is 0 Å². The van der Waals surface area contributed by atoms with Crippen molar-refractivity contribution in [1.29, 1.82) is 0 Å². The molecule has 7 heteroatoms. The van der Waals surface area contributed by atoms with Crippen molar-refractivity contribution in [1.82, 2.24) is 15.1 Å². The van der Waals surface area contributed by atoms with Crippen molar-refractivity contribution in [3.63, 3.8) is 0 Å². The van der Waals surface area contributed by atoms with Gasteiger partial charge in [-0.1, -0.05) is 18.9 Å². The fourth-order valence-electron chi connectivity index (χ4n) is 4.07. The topological polar surface area (TPSA) is 64.7 Å². The second-order valence-corrected chi connectivity index (χ2v) is 7.07. The molecule has 1 saturated heterocycles. The molecule has 26 heavy (non-hydrogen) atoms. The van der Waals surface area contributed by atoms with Crippen LogP contribution in [0.4, 0.5) is 14.9 Å². The predicted molar refractivity (Wildman–Crippen MR) is 98.4 cm³/mol. The molecule has 1 aliphatic heterocycles. The third-order valence-corrected chi connectivity index (χ3v) is 5.43. The first-order chi connectivity index (χ1) is 12.6. The van der Waals surface area contributed by atoms with Crippen LogP contribution in [0.5, 0.6) is 0 Å².